The molecule has 0 saturated heterocycles. The van der Waals surface area contributed by atoms with Crippen molar-refractivity contribution < 1.29 is 17.6 Å². The van der Waals surface area contributed by atoms with Gasteiger partial charge in [-0.1, -0.05) is 21.6 Å². The summed E-state index contributed by atoms with van der Waals surface area (Å²) in [5, 5.41) is -1.07. The molecule has 0 aromatic heterocycles. The summed E-state index contributed by atoms with van der Waals surface area (Å²) in [7, 11) is 1.26. The van der Waals surface area contributed by atoms with Crippen molar-refractivity contribution in [1.29, 1.82) is 0 Å². The van der Waals surface area contributed by atoms with Crippen LogP contribution in [-0.2, 0) is 0 Å². The van der Waals surface area contributed by atoms with Gasteiger partial charge in [-0.05, 0) is 0 Å². The van der Waals surface area contributed by atoms with E-state index in [9.17, 15) is 17.6 Å². The van der Waals surface area contributed by atoms with E-state index in [4.69, 9.17) is 0 Å². The van der Waals surface area contributed by atoms with E-state index in [-0.39, 0.29) is 0 Å². The summed E-state index contributed by atoms with van der Waals surface area (Å²) in [6.07, 6.45) is -4.45. The Balaban J connectivity index is 2.67. The molecule has 0 aliphatic carbocycles. The van der Waals surface area contributed by atoms with Crippen molar-refractivity contribution in [3.63, 3.8) is 0 Å². The molecule has 10 heavy (non-hydrogen) atoms. The quantitative estimate of drug-likeness (QED) is 0.425. The summed E-state index contributed by atoms with van der Waals surface area (Å²) in [6.45, 7) is 0. The highest BCUT2D eigenvalue weighted by molar-refractivity contribution is 8.78. The molecule has 1 atom stereocenters. The maximum Gasteiger partial charge on any atom is 0.407 e. The molecule has 1 rings (SSSR count). The Bertz CT molecular complexity index is 161. The zero-order valence-corrected chi connectivity index (χ0v) is 6.12. The van der Waals surface area contributed by atoms with Crippen LogP contribution in [-0.4, -0.2) is 11.4 Å². The summed E-state index contributed by atoms with van der Waals surface area (Å²) >= 11 is 0. The molecule has 0 radical (unpaired) electrons. The van der Waals surface area contributed by atoms with Crippen molar-refractivity contribution in [3.05, 3.63) is 11.2 Å². The van der Waals surface area contributed by atoms with E-state index >= 15 is 0 Å². The minimum absolute atomic E-state index is 0.481. The zero-order valence-electron chi connectivity index (χ0n) is 4.48. The van der Waals surface area contributed by atoms with Crippen LogP contribution in [0.15, 0.2) is 11.2 Å². The smallest absolute Gasteiger partial charge is 0.210 e. The fraction of sp³-hybridized carbons (Fsp3) is 0.500. The molecule has 0 spiro atoms. The van der Waals surface area contributed by atoms with Gasteiger partial charge in [0, 0.05) is 5.41 Å². The van der Waals surface area contributed by atoms with E-state index in [0.29, 0.717) is 10.8 Å². The highest BCUT2D eigenvalue weighted by atomic mass is 33.1. The lowest BCUT2D eigenvalue weighted by Gasteiger charge is -2.11. The van der Waals surface area contributed by atoms with Crippen LogP contribution in [0.2, 0.25) is 0 Å². The van der Waals surface area contributed by atoms with Crippen molar-refractivity contribution in [1.82, 2.24) is 0 Å². The van der Waals surface area contributed by atoms with Gasteiger partial charge in [0.05, 0.1) is 0 Å². The molecule has 0 amide bonds. The normalized spacial score (nSPS) is 26.8. The summed E-state index contributed by atoms with van der Waals surface area (Å²) in [6, 6.07) is 0. The summed E-state index contributed by atoms with van der Waals surface area (Å²) < 4.78 is 47.3. The molecular formula is C4H2F4S2. The second kappa shape index (κ2) is 2.65. The van der Waals surface area contributed by atoms with Gasteiger partial charge in [0.2, 0.25) is 0 Å². The lowest BCUT2D eigenvalue weighted by molar-refractivity contribution is -0.124. The Morgan fingerprint density at radius 2 is 2.00 bits per heavy atom. The molecule has 1 aliphatic rings. The zero-order chi connectivity index (χ0) is 7.78. The Hall–Kier alpha value is 0.160. The molecule has 0 aromatic rings. The van der Waals surface area contributed by atoms with Crippen LogP contribution in [0, 0.1) is 0 Å². The van der Waals surface area contributed by atoms with Gasteiger partial charge in [-0.25, -0.2) is 4.39 Å². The molecule has 1 heterocycles. The molecule has 0 nitrogen and oxygen atoms in total. The Kier molecular flexibility index (Phi) is 2.19. The van der Waals surface area contributed by atoms with Crippen LogP contribution < -0.4 is 0 Å². The monoisotopic (exact) mass is 190 g/mol. The first-order valence-electron chi connectivity index (χ1n) is 2.26. The second-order valence-corrected chi connectivity index (χ2v) is 3.86. The number of rotatable bonds is 0. The molecule has 1 aliphatic heterocycles. The standard InChI is InChI=1S/C4H2F4S2/c5-2-1-9-10-3(2)4(6,7)8/h1,3H. The van der Waals surface area contributed by atoms with Gasteiger partial charge in [-0.15, -0.1) is 0 Å². The van der Waals surface area contributed by atoms with Gasteiger partial charge >= 0.3 is 6.18 Å². The minimum atomic E-state index is -4.45. The van der Waals surface area contributed by atoms with Crippen molar-refractivity contribution in [2.24, 2.45) is 0 Å². The molecule has 0 aromatic carbocycles. The molecule has 0 saturated carbocycles. The molecule has 0 N–H and O–H groups in total. The van der Waals surface area contributed by atoms with Crippen molar-refractivity contribution in [3.8, 4) is 0 Å². The van der Waals surface area contributed by atoms with Crippen LogP contribution >= 0.6 is 21.6 Å². The van der Waals surface area contributed by atoms with Gasteiger partial charge in [0.1, 0.15) is 5.83 Å². The van der Waals surface area contributed by atoms with Crippen LogP contribution in [0.4, 0.5) is 17.6 Å². The molecule has 0 bridgehead atoms. The fourth-order valence-corrected chi connectivity index (χ4v) is 2.58. The number of hydrogen-bond donors (Lipinski definition) is 0. The van der Waals surface area contributed by atoms with Gasteiger partial charge in [-0.2, -0.15) is 13.2 Å². The van der Waals surface area contributed by atoms with Crippen LogP contribution in [0.3, 0.4) is 0 Å². The predicted molar refractivity (Wildman–Crippen MR) is 34.2 cm³/mol. The Labute approximate surface area is 62.4 Å². The summed E-state index contributed by atoms with van der Waals surface area (Å²) in [4.78, 5) is 0. The first kappa shape index (κ1) is 8.26. The first-order chi connectivity index (χ1) is 4.52. The van der Waals surface area contributed by atoms with Gasteiger partial charge in [0.15, 0.2) is 5.25 Å². The molecule has 0 fully saturated rings. The fourth-order valence-electron chi connectivity index (χ4n) is 0.448. The first-order valence-corrected chi connectivity index (χ1v) is 4.54. The van der Waals surface area contributed by atoms with E-state index < -0.39 is 17.3 Å². The topological polar surface area (TPSA) is 0 Å². The minimum Gasteiger partial charge on any atom is -0.210 e. The molecule has 58 valence electrons. The van der Waals surface area contributed by atoms with E-state index in [0.717, 1.165) is 16.2 Å². The molecular weight excluding hydrogens is 188 g/mol. The van der Waals surface area contributed by atoms with Crippen LogP contribution in [0.5, 0.6) is 0 Å². The molecule has 6 heteroatoms. The van der Waals surface area contributed by atoms with E-state index in [1.807, 2.05) is 0 Å². The van der Waals surface area contributed by atoms with Crippen molar-refractivity contribution in [2.75, 3.05) is 0 Å². The van der Waals surface area contributed by atoms with Crippen molar-refractivity contribution in [2.45, 2.75) is 11.4 Å². The summed E-state index contributed by atoms with van der Waals surface area (Å²) in [5.74, 6) is -1.09. The highest BCUT2D eigenvalue weighted by Gasteiger charge is 2.45. The maximum atomic E-state index is 12.2. The number of alkyl halides is 3. The summed E-state index contributed by atoms with van der Waals surface area (Å²) in [5.41, 5.74) is 0. The van der Waals surface area contributed by atoms with Crippen molar-refractivity contribution >= 4 is 21.6 Å². The largest absolute Gasteiger partial charge is 0.407 e. The third-order valence-corrected chi connectivity index (χ3v) is 3.18. The van der Waals surface area contributed by atoms with E-state index in [1.54, 1.807) is 0 Å². The number of hydrogen-bond acceptors (Lipinski definition) is 2. The highest BCUT2D eigenvalue weighted by Crippen LogP contribution is 2.48. The lowest BCUT2D eigenvalue weighted by atomic mass is 10.4. The van der Waals surface area contributed by atoms with Gasteiger partial charge < -0.3 is 0 Å². The van der Waals surface area contributed by atoms with E-state index in [2.05, 4.69) is 0 Å². The Morgan fingerprint density at radius 3 is 2.20 bits per heavy atom. The van der Waals surface area contributed by atoms with E-state index in [1.165, 1.54) is 0 Å². The Morgan fingerprint density at radius 1 is 1.40 bits per heavy atom. The predicted octanol–water partition coefficient (Wildman–Crippen LogP) is 3.12. The third-order valence-electron chi connectivity index (χ3n) is 0.860. The SMILES string of the molecule is FC1=CSSC1C(F)(F)F. The third kappa shape index (κ3) is 1.60. The van der Waals surface area contributed by atoms with Crippen LogP contribution in [0.1, 0.15) is 0 Å². The number of halogens is 4. The van der Waals surface area contributed by atoms with Gasteiger partial charge in [0.25, 0.3) is 0 Å². The average Bonchev–Trinajstić information content (AvgIpc) is 2.11. The maximum absolute atomic E-state index is 12.2. The second-order valence-electron chi connectivity index (χ2n) is 1.62. The van der Waals surface area contributed by atoms with Crippen LogP contribution in [0.25, 0.3) is 0 Å². The average molecular weight is 190 g/mol. The lowest BCUT2D eigenvalue weighted by Crippen LogP contribution is -2.23. The van der Waals surface area contributed by atoms with Gasteiger partial charge in [-0.3, -0.25) is 0 Å². The molecule has 1 unspecified atom stereocenters.